The monoisotopic (exact) mass is 188 g/mol. The van der Waals surface area contributed by atoms with E-state index in [2.05, 4.69) is 26.8 Å². The van der Waals surface area contributed by atoms with Gasteiger partial charge in [-0.05, 0) is 6.92 Å². The zero-order chi connectivity index (χ0) is 9.84. The molecule has 1 aliphatic heterocycles. The molecule has 0 aromatic heterocycles. The highest BCUT2D eigenvalue weighted by Crippen LogP contribution is 1.94. The standard InChI is InChI=1S/C10H23N3/c1-9(8-11)13(3)10-4-6-12(2)7-5-10/h9-10H,4-8,11H2,1-3H3/p+3/t9-/m1/s1. The van der Waals surface area contributed by atoms with E-state index in [0.717, 1.165) is 18.6 Å². The Labute approximate surface area is 81.9 Å². The van der Waals surface area contributed by atoms with Gasteiger partial charge in [-0.1, -0.05) is 0 Å². The minimum atomic E-state index is 0.725. The highest BCUT2D eigenvalue weighted by Gasteiger charge is 2.28. The fraction of sp³-hybridized carbons (Fsp3) is 1.00. The fourth-order valence-corrected chi connectivity index (χ4v) is 2.20. The number of likely N-dealkylation sites (N-methyl/N-ethyl adjacent to an activating group) is 1. The Morgan fingerprint density at radius 3 is 2.46 bits per heavy atom. The molecular formula is C10H26N3+3. The summed E-state index contributed by atoms with van der Waals surface area (Å²) in [5.41, 5.74) is 3.99. The van der Waals surface area contributed by atoms with Gasteiger partial charge < -0.3 is 15.5 Å². The Kier molecular flexibility index (Phi) is 4.16. The van der Waals surface area contributed by atoms with E-state index < -0.39 is 0 Å². The zero-order valence-corrected chi connectivity index (χ0v) is 9.40. The summed E-state index contributed by atoms with van der Waals surface area (Å²) in [4.78, 5) is 3.40. The number of piperidine rings is 1. The second kappa shape index (κ2) is 4.94. The lowest BCUT2D eigenvalue weighted by atomic mass is 10.0. The molecule has 0 aromatic carbocycles. The first kappa shape index (κ1) is 11.0. The Morgan fingerprint density at radius 1 is 1.46 bits per heavy atom. The predicted molar refractivity (Wildman–Crippen MR) is 53.7 cm³/mol. The van der Waals surface area contributed by atoms with Gasteiger partial charge in [0.2, 0.25) is 0 Å². The largest absolute Gasteiger partial charge is 0.353 e. The van der Waals surface area contributed by atoms with Crippen LogP contribution in [0.3, 0.4) is 0 Å². The molecule has 1 rings (SSSR count). The van der Waals surface area contributed by atoms with Crippen molar-refractivity contribution in [1.82, 2.24) is 0 Å². The molecule has 13 heavy (non-hydrogen) atoms. The third-order valence-electron chi connectivity index (χ3n) is 3.69. The van der Waals surface area contributed by atoms with E-state index in [4.69, 9.17) is 0 Å². The second-order valence-corrected chi connectivity index (χ2v) is 4.67. The highest BCUT2D eigenvalue weighted by molar-refractivity contribution is 4.60. The molecule has 5 N–H and O–H groups in total. The van der Waals surface area contributed by atoms with Gasteiger partial charge in [-0.2, -0.15) is 0 Å². The lowest BCUT2D eigenvalue weighted by molar-refractivity contribution is -0.958. The molecule has 78 valence electrons. The van der Waals surface area contributed by atoms with Crippen LogP contribution in [-0.4, -0.2) is 45.8 Å². The predicted octanol–water partition coefficient (Wildman–Crippen LogP) is -3.19. The van der Waals surface area contributed by atoms with Gasteiger partial charge in [0, 0.05) is 12.8 Å². The smallest absolute Gasteiger partial charge is 0.134 e. The van der Waals surface area contributed by atoms with Crippen LogP contribution in [0.4, 0.5) is 0 Å². The number of hydrogen-bond acceptors (Lipinski definition) is 0. The van der Waals surface area contributed by atoms with Crippen molar-refractivity contribution < 1.29 is 15.5 Å². The SMILES string of the molecule is C[C@H](C[NH3+])[NH+](C)C1CC[NH+](C)CC1. The molecule has 0 bridgehead atoms. The number of nitrogens with one attached hydrogen (secondary N) is 2. The first-order chi connectivity index (χ1) is 6.15. The van der Waals surface area contributed by atoms with Crippen LogP contribution in [0.1, 0.15) is 19.8 Å². The van der Waals surface area contributed by atoms with E-state index in [0.29, 0.717) is 0 Å². The van der Waals surface area contributed by atoms with Gasteiger partial charge in [0.25, 0.3) is 0 Å². The molecule has 3 nitrogen and oxygen atoms in total. The molecule has 2 atom stereocenters. The fourth-order valence-electron chi connectivity index (χ4n) is 2.20. The molecule has 0 amide bonds. The van der Waals surface area contributed by atoms with Gasteiger partial charge in [0.15, 0.2) is 0 Å². The van der Waals surface area contributed by atoms with E-state index in [1.165, 1.54) is 25.9 Å². The van der Waals surface area contributed by atoms with Crippen molar-refractivity contribution in [2.45, 2.75) is 31.8 Å². The Bertz CT molecular complexity index is 141. The van der Waals surface area contributed by atoms with Crippen molar-refractivity contribution in [3.63, 3.8) is 0 Å². The van der Waals surface area contributed by atoms with Crippen LogP contribution in [0, 0.1) is 0 Å². The number of hydrogen-bond donors (Lipinski definition) is 3. The number of likely N-dealkylation sites (tertiary alicyclic amines) is 1. The average molecular weight is 188 g/mol. The molecule has 0 radical (unpaired) electrons. The van der Waals surface area contributed by atoms with Crippen molar-refractivity contribution in [3.05, 3.63) is 0 Å². The lowest BCUT2D eigenvalue weighted by Gasteiger charge is -2.32. The van der Waals surface area contributed by atoms with Gasteiger partial charge in [-0.15, -0.1) is 0 Å². The minimum Gasteiger partial charge on any atom is -0.353 e. The van der Waals surface area contributed by atoms with Gasteiger partial charge in [-0.3, -0.25) is 0 Å². The van der Waals surface area contributed by atoms with Crippen LogP contribution in [0.25, 0.3) is 0 Å². The first-order valence-corrected chi connectivity index (χ1v) is 5.59. The van der Waals surface area contributed by atoms with E-state index >= 15 is 0 Å². The Hall–Kier alpha value is -0.120. The third-order valence-corrected chi connectivity index (χ3v) is 3.69. The van der Waals surface area contributed by atoms with Crippen LogP contribution < -0.4 is 15.5 Å². The first-order valence-electron chi connectivity index (χ1n) is 5.59. The maximum Gasteiger partial charge on any atom is 0.134 e. The maximum atomic E-state index is 3.99. The van der Waals surface area contributed by atoms with E-state index in [1.54, 1.807) is 9.80 Å². The summed E-state index contributed by atoms with van der Waals surface area (Å²) in [5.74, 6) is 0. The van der Waals surface area contributed by atoms with E-state index in [-0.39, 0.29) is 0 Å². The Morgan fingerprint density at radius 2 is 2.00 bits per heavy atom. The second-order valence-electron chi connectivity index (χ2n) is 4.67. The summed E-state index contributed by atoms with van der Waals surface area (Å²) in [6.07, 6.45) is 2.78. The van der Waals surface area contributed by atoms with Crippen LogP contribution in [0.2, 0.25) is 0 Å². The average Bonchev–Trinajstić information content (AvgIpc) is 2.17. The molecule has 1 aliphatic rings. The molecule has 0 saturated carbocycles. The summed E-state index contributed by atoms with van der Waals surface area (Å²) in [7, 11) is 4.64. The summed E-state index contributed by atoms with van der Waals surface area (Å²) in [6.45, 7) is 6.08. The van der Waals surface area contributed by atoms with E-state index in [1.807, 2.05) is 0 Å². The van der Waals surface area contributed by atoms with Crippen molar-refractivity contribution in [3.8, 4) is 0 Å². The van der Waals surface area contributed by atoms with Crippen molar-refractivity contribution >= 4 is 0 Å². The van der Waals surface area contributed by atoms with Crippen molar-refractivity contribution in [1.29, 1.82) is 0 Å². The minimum absolute atomic E-state index is 0.725. The molecule has 1 unspecified atom stereocenters. The quantitative estimate of drug-likeness (QED) is 0.417. The summed E-state index contributed by atoms with van der Waals surface area (Å²) in [5, 5.41) is 0. The molecular weight excluding hydrogens is 162 g/mol. The normalized spacial score (nSPS) is 34.2. The van der Waals surface area contributed by atoms with Crippen molar-refractivity contribution in [2.75, 3.05) is 33.7 Å². The zero-order valence-electron chi connectivity index (χ0n) is 9.40. The van der Waals surface area contributed by atoms with Crippen LogP contribution >= 0.6 is 0 Å². The van der Waals surface area contributed by atoms with Crippen LogP contribution in [-0.2, 0) is 0 Å². The van der Waals surface area contributed by atoms with E-state index in [9.17, 15) is 0 Å². The van der Waals surface area contributed by atoms with Crippen LogP contribution in [0.5, 0.6) is 0 Å². The molecule has 1 heterocycles. The molecule has 3 heteroatoms. The van der Waals surface area contributed by atoms with Gasteiger partial charge in [-0.25, -0.2) is 0 Å². The molecule has 1 saturated heterocycles. The topological polar surface area (TPSA) is 36.5 Å². The molecule has 0 aromatic rings. The summed E-state index contributed by atoms with van der Waals surface area (Å²) < 4.78 is 0. The molecule has 1 fully saturated rings. The number of quaternary nitrogens is 3. The lowest BCUT2D eigenvalue weighted by Crippen LogP contribution is -3.21. The van der Waals surface area contributed by atoms with Crippen molar-refractivity contribution in [2.24, 2.45) is 0 Å². The number of rotatable bonds is 3. The van der Waals surface area contributed by atoms with Gasteiger partial charge in [0.1, 0.15) is 12.6 Å². The summed E-state index contributed by atoms with van der Waals surface area (Å²) >= 11 is 0. The molecule has 0 aliphatic carbocycles. The van der Waals surface area contributed by atoms with Gasteiger partial charge in [0.05, 0.1) is 33.2 Å². The Balaban J connectivity index is 2.35. The maximum absolute atomic E-state index is 3.99. The van der Waals surface area contributed by atoms with Crippen LogP contribution in [0.15, 0.2) is 0 Å². The molecule has 0 spiro atoms. The summed E-state index contributed by atoms with van der Waals surface area (Å²) in [6, 6.07) is 1.61. The highest BCUT2D eigenvalue weighted by atomic mass is 15.2. The third kappa shape index (κ3) is 2.93. The van der Waals surface area contributed by atoms with Gasteiger partial charge >= 0.3 is 0 Å².